The number of unbranched alkanes of at least 4 members (excludes halogenated alkanes) is 12. The van der Waals surface area contributed by atoms with Gasteiger partial charge in [0, 0.05) is 20.0 Å². The van der Waals surface area contributed by atoms with E-state index in [2.05, 4.69) is 36.0 Å². The van der Waals surface area contributed by atoms with Crippen molar-refractivity contribution in [1.82, 2.24) is 4.90 Å². The summed E-state index contributed by atoms with van der Waals surface area (Å²) >= 11 is 0. The second-order valence-corrected chi connectivity index (χ2v) is 8.42. The molecule has 0 aliphatic carbocycles. The lowest BCUT2D eigenvalue weighted by molar-refractivity contribution is 0.162. The molecule has 3 heteroatoms. The van der Waals surface area contributed by atoms with Crippen LogP contribution in [0.3, 0.4) is 0 Å². The van der Waals surface area contributed by atoms with Crippen molar-refractivity contribution in [1.29, 1.82) is 0 Å². The molecule has 1 aliphatic rings. The largest absolute Gasteiger partial charge is 0.391 e. The molecular formula is C24H46N2O. The van der Waals surface area contributed by atoms with Crippen LogP contribution in [0.2, 0.25) is 0 Å². The van der Waals surface area contributed by atoms with E-state index < -0.39 is 0 Å². The zero-order chi connectivity index (χ0) is 19.7. The minimum Gasteiger partial charge on any atom is -0.391 e. The van der Waals surface area contributed by atoms with Crippen molar-refractivity contribution in [2.45, 2.75) is 122 Å². The third-order valence-corrected chi connectivity index (χ3v) is 5.69. The lowest BCUT2D eigenvalue weighted by Crippen LogP contribution is -2.29. The van der Waals surface area contributed by atoms with E-state index in [-0.39, 0.29) is 12.1 Å². The molecule has 2 atom stereocenters. The van der Waals surface area contributed by atoms with Crippen LogP contribution in [-0.2, 0) is 0 Å². The summed E-state index contributed by atoms with van der Waals surface area (Å²) in [5.41, 5.74) is 0. The highest BCUT2D eigenvalue weighted by Crippen LogP contribution is 2.16. The molecule has 0 fully saturated rings. The van der Waals surface area contributed by atoms with Crippen molar-refractivity contribution in [2.24, 2.45) is 4.99 Å². The maximum absolute atomic E-state index is 9.66. The molecule has 0 aromatic rings. The van der Waals surface area contributed by atoms with Gasteiger partial charge in [0.25, 0.3) is 0 Å². The third-order valence-electron chi connectivity index (χ3n) is 5.69. The number of allylic oxidation sites excluding steroid dienone is 2. The van der Waals surface area contributed by atoms with Gasteiger partial charge in [-0.3, -0.25) is 4.99 Å². The number of hydrogen-bond acceptors (Lipinski definition) is 3. The lowest BCUT2D eigenvalue weighted by atomic mass is 10.1. The Morgan fingerprint density at radius 1 is 0.926 bits per heavy atom. The predicted octanol–water partition coefficient (Wildman–Crippen LogP) is 6.51. The van der Waals surface area contributed by atoms with E-state index in [1.165, 1.54) is 95.7 Å². The molecule has 1 heterocycles. The second-order valence-electron chi connectivity index (χ2n) is 8.42. The number of hydrogen-bond donors (Lipinski definition) is 1. The monoisotopic (exact) mass is 378 g/mol. The molecule has 0 saturated heterocycles. The van der Waals surface area contributed by atoms with Gasteiger partial charge in [-0.05, 0) is 39.0 Å². The molecular weight excluding hydrogens is 332 g/mol. The van der Waals surface area contributed by atoms with E-state index in [0.717, 1.165) is 13.0 Å². The van der Waals surface area contributed by atoms with Crippen molar-refractivity contribution in [2.75, 3.05) is 13.6 Å². The van der Waals surface area contributed by atoms with Crippen LogP contribution < -0.4 is 0 Å². The van der Waals surface area contributed by atoms with Crippen molar-refractivity contribution in [3.63, 3.8) is 0 Å². The lowest BCUT2D eigenvalue weighted by Gasteiger charge is -2.15. The van der Waals surface area contributed by atoms with Gasteiger partial charge in [-0.2, -0.15) is 0 Å². The molecule has 1 rings (SSSR count). The quantitative estimate of drug-likeness (QED) is 0.231. The van der Waals surface area contributed by atoms with Crippen LogP contribution in [0.25, 0.3) is 0 Å². The fraction of sp³-hybridized carbons (Fsp3) is 0.875. The third kappa shape index (κ3) is 12.3. The van der Waals surface area contributed by atoms with E-state index in [0.29, 0.717) is 0 Å². The topological polar surface area (TPSA) is 35.8 Å². The minimum atomic E-state index is -0.329. The summed E-state index contributed by atoms with van der Waals surface area (Å²) in [6.07, 6.45) is 24.4. The first kappa shape index (κ1) is 24.2. The first-order chi connectivity index (χ1) is 13.1. The van der Waals surface area contributed by atoms with Gasteiger partial charge in [0.2, 0.25) is 0 Å². The summed E-state index contributed by atoms with van der Waals surface area (Å²) in [5, 5.41) is 9.66. The van der Waals surface area contributed by atoms with Gasteiger partial charge < -0.3 is 10.0 Å². The highest BCUT2D eigenvalue weighted by atomic mass is 16.3. The Balaban J connectivity index is 1.85. The number of rotatable bonds is 17. The summed E-state index contributed by atoms with van der Waals surface area (Å²) < 4.78 is 0. The predicted molar refractivity (Wildman–Crippen MR) is 120 cm³/mol. The summed E-state index contributed by atoms with van der Waals surface area (Å²) in [7, 11) is 2.10. The van der Waals surface area contributed by atoms with Gasteiger partial charge >= 0.3 is 0 Å². The van der Waals surface area contributed by atoms with Crippen molar-refractivity contribution < 1.29 is 5.11 Å². The molecule has 0 bridgehead atoms. The number of aliphatic hydroxyl groups is 1. The van der Waals surface area contributed by atoms with E-state index in [1.54, 1.807) is 0 Å². The molecule has 1 aliphatic heterocycles. The SMILES string of the molecule is CCCCCCCC/C=C\CCCCCCCCC1=NC(C(C)O)CN1C. The maximum Gasteiger partial charge on any atom is 0.0992 e. The molecule has 0 aromatic heterocycles. The summed E-state index contributed by atoms with van der Waals surface area (Å²) in [5.74, 6) is 1.19. The van der Waals surface area contributed by atoms with E-state index in [4.69, 9.17) is 0 Å². The van der Waals surface area contributed by atoms with Crippen molar-refractivity contribution >= 4 is 5.84 Å². The molecule has 2 unspecified atom stereocenters. The maximum atomic E-state index is 9.66. The highest BCUT2D eigenvalue weighted by molar-refractivity contribution is 5.83. The molecule has 0 aromatic carbocycles. The summed E-state index contributed by atoms with van der Waals surface area (Å²) in [6.45, 7) is 5.00. The fourth-order valence-corrected chi connectivity index (χ4v) is 3.76. The molecule has 3 nitrogen and oxygen atoms in total. The zero-order valence-electron chi connectivity index (χ0n) is 18.5. The Bertz CT molecular complexity index is 403. The van der Waals surface area contributed by atoms with Crippen LogP contribution in [0.15, 0.2) is 17.1 Å². The van der Waals surface area contributed by atoms with Crippen LogP contribution in [0, 0.1) is 0 Å². The Hall–Kier alpha value is -0.830. The first-order valence-electron chi connectivity index (χ1n) is 11.8. The number of amidine groups is 1. The standard InChI is InChI=1S/C24H46N2O/c1-4-5-6-7-8-9-10-11-12-13-14-15-16-17-18-19-20-24-25-23(22(2)27)21-26(24)3/h11-12,22-23,27H,4-10,13-21H2,1-3H3/b12-11-. The molecule has 0 amide bonds. The molecule has 27 heavy (non-hydrogen) atoms. The van der Waals surface area contributed by atoms with Crippen molar-refractivity contribution in [3.05, 3.63) is 12.2 Å². The average Bonchev–Trinajstić information content (AvgIpc) is 3.02. The molecule has 1 N–H and O–H groups in total. The van der Waals surface area contributed by atoms with E-state index >= 15 is 0 Å². The van der Waals surface area contributed by atoms with Crippen LogP contribution in [0.1, 0.15) is 110 Å². The smallest absolute Gasteiger partial charge is 0.0992 e. The van der Waals surface area contributed by atoms with Crippen molar-refractivity contribution in [3.8, 4) is 0 Å². The van der Waals surface area contributed by atoms with Gasteiger partial charge in [-0.15, -0.1) is 0 Å². The van der Waals surface area contributed by atoms with Gasteiger partial charge in [0.1, 0.15) is 0 Å². The molecule has 0 saturated carbocycles. The normalized spacial score (nSPS) is 18.4. The first-order valence-corrected chi connectivity index (χ1v) is 11.8. The van der Waals surface area contributed by atoms with Crippen LogP contribution in [-0.4, -0.2) is 41.6 Å². The minimum absolute atomic E-state index is 0.0825. The van der Waals surface area contributed by atoms with Gasteiger partial charge in [0.05, 0.1) is 18.0 Å². The van der Waals surface area contributed by atoms with Gasteiger partial charge in [-0.1, -0.05) is 76.9 Å². The van der Waals surface area contributed by atoms with Crippen LogP contribution >= 0.6 is 0 Å². The van der Waals surface area contributed by atoms with E-state index in [9.17, 15) is 5.11 Å². The number of nitrogens with zero attached hydrogens (tertiary/aromatic N) is 2. The Morgan fingerprint density at radius 2 is 1.44 bits per heavy atom. The van der Waals surface area contributed by atoms with Crippen LogP contribution in [0.5, 0.6) is 0 Å². The number of likely N-dealkylation sites (N-methyl/N-ethyl adjacent to an activating group) is 1. The molecule has 0 radical (unpaired) electrons. The van der Waals surface area contributed by atoms with E-state index in [1.807, 2.05) is 6.92 Å². The average molecular weight is 379 g/mol. The Kier molecular flexibility index (Phi) is 14.5. The van der Waals surface area contributed by atoms with Crippen LogP contribution in [0.4, 0.5) is 0 Å². The molecule has 158 valence electrons. The Labute approximate surface area is 169 Å². The van der Waals surface area contributed by atoms with Gasteiger partial charge in [0.15, 0.2) is 0 Å². The fourth-order valence-electron chi connectivity index (χ4n) is 3.76. The summed E-state index contributed by atoms with van der Waals surface area (Å²) in [4.78, 5) is 6.88. The zero-order valence-corrected chi connectivity index (χ0v) is 18.5. The number of aliphatic hydroxyl groups excluding tert-OH is 1. The highest BCUT2D eigenvalue weighted by Gasteiger charge is 2.24. The molecule has 0 spiro atoms. The number of aliphatic imine (C=N–C) groups is 1. The van der Waals surface area contributed by atoms with Gasteiger partial charge in [-0.25, -0.2) is 0 Å². The summed E-state index contributed by atoms with van der Waals surface area (Å²) in [6, 6.07) is 0.0825. The second kappa shape index (κ2) is 16.2. The Morgan fingerprint density at radius 3 is 1.96 bits per heavy atom.